The molecule has 180 valence electrons. The van der Waals surface area contributed by atoms with Gasteiger partial charge >= 0.3 is 5.97 Å². The van der Waals surface area contributed by atoms with Gasteiger partial charge in [-0.3, -0.25) is 9.59 Å². The second kappa shape index (κ2) is 11.4. The van der Waals surface area contributed by atoms with Crippen molar-refractivity contribution in [1.82, 2.24) is 10.3 Å². The number of carboxylic acid groups (broad SMARTS) is 1. The number of halogens is 2. The average Bonchev–Trinajstić information content (AvgIpc) is 2.83. The zero-order chi connectivity index (χ0) is 24.8. The van der Waals surface area contributed by atoms with E-state index in [1.54, 1.807) is 6.07 Å². The molecule has 0 aliphatic heterocycles. The molecule has 34 heavy (non-hydrogen) atoms. The third kappa shape index (κ3) is 6.10. The SMILES string of the molecule is COc1c(C#N)cc(Cl)cc1[C@H](C)Nc1ncc(C(=O)NC[C@H]2CC[C@H](C(=O)O)CC2)cc1Cl. The first-order valence-corrected chi connectivity index (χ1v) is 11.7. The predicted octanol–water partition coefficient (Wildman–Crippen LogP) is 5.06. The number of nitrogens with zero attached hydrogens (tertiary/aromatic N) is 2. The number of carbonyl (C=O) groups is 2. The molecular formula is C24H26Cl2N4O4. The molecule has 0 bridgehead atoms. The van der Waals surface area contributed by atoms with Gasteiger partial charge in [0, 0.05) is 23.3 Å². The lowest BCUT2D eigenvalue weighted by molar-refractivity contribution is -0.143. The molecule has 0 saturated heterocycles. The van der Waals surface area contributed by atoms with Crippen molar-refractivity contribution in [3.63, 3.8) is 0 Å². The standard InChI is InChI=1S/C24H26Cl2N4O4/c1-13(19-9-18(25)7-16(10-27)21(19)34-2)30-22-20(26)8-17(12-28-22)23(31)29-11-14-3-5-15(6-4-14)24(32)33/h7-9,12-15H,3-6,11H2,1-2H3,(H,28,30)(H,29,31)(H,32,33)/t13-,14-,15-/m0/s1. The van der Waals surface area contributed by atoms with E-state index in [2.05, 4.69) is 21.7 Å². The molecule has 8 nitrogen and oxygen atoms in total. The minimum atomic E-state index is -0.745. The minimum Gasteiger partial charge on any atom is -0.495 e. The predicted molar refractivity (Wildman–Crippen MR) is 129 cm³/mol. The van der Waals surface area contributed by atoms with Crippen molar-refractivity contribution < 1.29 is 19.4 Å². The third-order valence-electron chi connectivity index (χ3n) is 6.08. The molecule has 0 unspecified atom stereocenters. The van der Waals surface area contributed by atoms with Crippen LogP contribution in [0.4, 0.5) is 5.82 Å². The first kappa shape index (κ1) is 25.6. The Kier molecular flexibility index (Phi) is 8.59. The van der Waals surface area contributed by atoms with Gasteiger partial charge in [-0.25, -0.2) is 4.98 Å². The molecule has 1 fully saturated rings. The van der Waals surface area contributed by atoms with Crippen LogP contribution in [0.25, 0.3) is 0 Å². The molecule has 1 atom stereocenters. The zero-order valence-corrected chi connectivity index (χ0v) is 20.4. The Morgan fingerprint density at radius 3 is 2.56 bits per heavy atom. The van der Waals surface area contributed by atoms with Gasteiger partial charge < -0.3 is 20.5 Å². The van der Waals surface area contributed by atoms with E-state index in [1.165, 1.54) is 25.4 Å². The van der Waals surface area contributed by atoms with Gasteiger partial charge in [0.15, 0.2) is 0 Å². The lowest BCUT2D eigenvalue weighted by Crippen LogP contribution is -2.32. The Labute approximate surface area is 208 Å². The molecule has 3 N–H and O–H groups in total. The largest absolute Gasteiger partial charge is 0.495 e. The Balaban J connectivity index is 1.63. The summed E-state index contributed by atoms with van der Waals surface area (Å²) in [6, 6.07) is 6.51. The van der Waals surface area contributed by atoms with Crippen molar-refractivity contribution >= 4 is 40.9 Å². The highest BCUT2D eigenvalue weighted by molar-refractivity contribution is 6.33. The van der Waals surface area contributed by atoms with E-state index in [9.17, 15) is 14.9 Å². The van der Waals surface area contributed by atoms with E-state index in [4.69, 9.17) is 33.0 Å². The molecule has 1 heterocycles. The summed E-state index contributed by atoms with van der Waals surface area (Å²) in [6.45, 7) is 2.34. The number of rotatable bonds is 8. The number of pyridine rings is 1. The van der Waals surface area contributed by atoms with E-state index in [0.717, 1.165) is 12.8 Å². The van der Waals surface area contributed by atoms with Gasteiger partial charge in [0.2, 0.25) is 0 Å². The van der Waals surface area contributed by atoms with Gasteiger partial charge in [-0.1, -0.05) is 23.2 Å². The van der Waals surface area contributed by atoms with Crippen LogP contribution >= 0.6 is 23.2 Å². The van der Waals surface area contributed by atoms with Crippen LogP contribution in [0.5, 0.6) is 5.75 Å². The monoisotopic (exact) mass is 504 g/mol. The van der Waals surface area contributed by atoms with Crippen molar-refractivity contribution in [3.05, 3.63) is 51.1 Å². The molecule has 1 aliphatic carbocycles. The van der Waals surface area contributed by atoms with Crippen LogP contribution < -0.4 is 15.4 Å². The van der Waals surface area contributed by atoms with Crippen LogP contribution in [-0.2, 0) is 4.79 Å². The summed E-state index contributed by atoms with van der Waals surface area (Å²) < 4.78 is 5.40. The van der Waals surface area contributed by atoms with Crippen molar-refractivity contribution in [3.8, 4) is 11.8 Å². The van der Waals surface area contributed by atoms with Crippen LogP contribution in [0.15, 0.2) is 24.4 Å². The number of hydrogen-bond donors (Lipinski definition) is 3. The van der Waals surface area contributed by atoms with Gasteiger partial charge in [-0.05, 0) is 56.7 Å². The smallest absolute Gasteiger partial charge is 0.306 e. The number of nitriles is 1. The molecule has 0 spiro atoms. The van der Waals surface area contributed by atoms with Crippen molar-refractivity contribution in [2.24, 2.45) is 11.8 Å². The second-order valence-corrected chi connectivity index (χ2v) is 9.22. The quantitative estimate of drug-likeness (QED) is 0.458. The molecule has 1 aromatic heterocycles. The molecule has 3 rings (SSSR count). The maximum atomic E-state index is 12.6. The number of benzene rings is 1. The fourth-order valence-corrected chi connectivity index (χ4v) is 4.60. The van der Waals surface area contributed by atoms with Gasteiger partial charge in [-0.15, -0.1) is 0 Å². The first-order valence-electron chi connectivity index (χ1n) is 10.9. The van der Waals surface area contributed by atoms with Gasteiger partial charge in [0.1, 0.15) is 17.6 Å². The number of hydrogen-bond acceptors (Lipinski definition) is 6. The van der Waals surface area contributed by atoms with E-state index >= 15 is 0 Å². The molecular weight excluding hydrogens is 479 g/mol. The van der Waals surface area contributed by atoms with Crippen molar-refractivity contribution in [2.45, 2.75) is 38.6 Å². The number of nitrogens with one attached hydrogen (secondary N) is 2. The molecule has 1 amide bonds. The van der Waals surface area contributed by atoms with Crippen LogP contribution in [-0.4, -0.2) is 35.6 Å². The van der Waals surface area contributed by atoms with Crippen LogP contribution in [0.1, 0.15) is 60.1 Å². The molecule has 10 heteroatoms. The first-order chi connectivity index (χ1) is 16.2. The van der Waals surface area contributed by atoms with E-state index in [-0.39, 0.29) is 28.8 Å². The molecule has 1 aliphatic rings. The molecule has 1 aromatic carbocycles. The Morgan fingerprint density at radius 2 is 1.97 bits per heavy atom. The zero-order valence-electron chi connectivity index (χ0n) is 18.9. The lowest BCUT2D eigenvalue weighted by atomic mass is 9.82. The van der Waals surface area contributed by atoms with Gasteiger partial charge in [-0.2, -0.15) is 5.26 Å². The van der Waals surface area contributed by atoms with Crippen LogP contribution in [0.3, 0.4) is 0 Å². The van der Waals surface area contributed by atoms with E-state index in [0.29, 0.717) is 52.7 Å². The normalized spacial score (nSPS) is 18.4. The number of carboxylic acids is 1. The highest BCUT2D eigenvalue weighted by Gasteiger charge is 2.26. The Bertz CT molecular complexity index is 1110. The molecule has 2 aromatic rings. The average molecular weight is 505 g/mol. The fraction of sp³-hybridized carbons (Fsp3) is 0.417. The highest BCUT2D eigenvalue weighted by atomic mass is 35.5. The number of methoxy groups -OCH3 is 1. The highest BCUT2D eigenvalue weighted by Crippen LogP contribution is 2.35. The van der Waals surface area contributed by atoms with Gasteiger partial charge in [0.05, 0.1) is 35.2 Å². The number of aromatic nitrogens is 1. The van der Waals surface area contributed by atoms with Crippen molar-refractivity contribution in [2.75, 3.05) is 19.0 Å². The summed E-state index contributed by atoms with van der Waals surface area (Å²) in [5.74, 6) is -0.267. The fourth-order valence-electron chi connectivity index (χ4n) is 4.15. The number of aliphatic carboxylic acids is 1. The maximum absolute atomic E-state index is 12.6. The number of carbonyl (C=O) groups excluding carboxylic acids is 1. The summed E-state index contributed by atoms with van der Waals surface area (Å²) in [5, 5.41) is 25.2. The van der Waals surface area contributed by atoms with Crippen LogP contribution in [0.2, 0.25) is 10.0 Å². The molecule has 0 radical (unpaired) electrons. The van der Waals surface area contributed by atoms with Crippen molar-refractivity contribution in [1.29, 1.82) is 5.26 Å². The van der Waals surface area contributed by atoms with Crippen LogP contribution in [0, 0.1) is 23.2 Å². The summed E-state index contributed by atoms with van der Waals surface area (Å²) >= 11 is 12.5. The summed E-state index contributed by atoms with van der Waals surface area (Å²) in [6.07, 6.45) is 4.26. The number of ether oxygens (including phenoxy) is 1. The van der Waals surface area contributed by atoms with Gasteiger partial charge in [0.25, 0.3) is 5.91 Å². The summed E-state index contributed by atoms with van der Waals surface area (Å²) in [5.41, 5.74) is 1.32. The Hall–Kier alpha value is -3.02. The minimum absolute atomic E-state index is 0.260. The third-order valence-corrected chi connectivity index (χ3v) is 6.58. The van der Waals surface area contributed by atoms with E-state index < -0.39 is 5.97 Å². The Morgan fingerprint density at radius 1 is 1.26 bits per heavy atom. The maximum Gasteiger partial charge on any atom is 0.306 e. The lowest BCUT2D eigenvalue weighted by Gasteiger charge is -2.26. The second-order valence-electron chi connectivity index (χ2n) is 8.37. The topological polar surface area (TPSA) is 124 Å². The summed E-state index contributed by atoms with van der Waals surface area (Å²) in [7, 11) is 1.48. The summed E-state index contributed by atoms with van der Waals surface area (Å²) in [4.78, 5) is 27.9. The number of amides is 1. The van der Waals surface area contributed by atoms with E-state index in [1.807, 2.05) is 6.92 Å². The molecule has 1 saturated carbocycles. The number of anilines is 1.